The molecule has 0 aromatic carbocycles. The minimum Gasteiger partial charge on any atom is -0.459 e. The normalized spacial score (nSPS) is 13.9. The van der Waals surface area contributed by atoms with Crippen LogP contribution in [0.25, 0.3) is 0 Å². The van der Waals surface area contributed by atoms with Gasteiger partial charge in [0.25, 0.3) is 0 Å². The molecule has 0 spiro atoms. The molecule has 0 aliphatic heterocycles. The molecular formula is C9H18ClNO2. The zero-order valence-corrected chi connectivity index (χ0v) is 9.44. The molecule has 0 aliphatic carbocycles. The largest absolute Gasteiger partial charge is 0.459 e. The minimum atomic E-state index is -0.411. The summed E-state index contributed by atoms with van der Waals surface area (Å²) in [6.45, 7) is 8.22. The second-order valence-corrected chi connectivity index (χ2v) is 4.74. The number of rotatable bonds is 4. The van der Waals surface area contributed by atoms with Gasteiger partial charge in [-0.1, -0.05) is 0 Å². The summed E-state index contributed by atoms with van der Waals surface area (Å²) in [7, 11) is 0. The lowest BCUT2D eigenvalue weighted by molar-refractivity contribution is -0.153. The average molecular weight is 208 g/mol. The van der Waals surface area contributed by atoms with Crippen LogP contribution in [0.1, 0.15) is 27.7 Å². The second-order valence-electron chi connectivity index (χ2n) is 4.00. The highest BCUT2D eigenvalue weighted by molar-refractivity contribution is 6.20. The lowest BCUT2D eigenvalue weighted by Crippen LogP contribution is -2.33. The molecule has 3 nitrogen and oxygen atoms in total. The summed E-state index contributed by atoms with van der Waals surface area (Å²) in [5, 5.41) is 2.93. The molecule has 0 amide bonds. The van der Waals surface area contributed by atoms with Gasteiger partial charge in [0.2, 0.25) is 0 Å². The lowest BCUT2D eigenvalue weighted by atomic mass is 10.2. The summed E-state index contributed by atoms with van der Waals surface area (Å²) in [4.78, 5) is 11.1. The minimum absolute atomic E-state index is 0.0300. The van der Waals surface area contributed by atoms with Crippen LogP contribution in [0.15, 0.2) is 0 Å². The van der Waals surface area contributed by atoms with E-state index in [0.717, 1.165) is 0 Å². The molecule has 1 atom stereocenters. The Hall–Kier alpha value is -0.280. The summed E-state index contributed by atoms with van der Waals surface area (Å²) in [5.74, 6) is -0.246. The highest BCUT2D eigenvalue weighted by atomic mass is 35.5. The number of hydrogen-bond acceptors (Lipinski definition) is 3. The van der Waals surface area contributed by atoms with Crippen molar-refractivity contribution in [2.75, 3.05) is 13.1 Å². The fourth-order valence-corrected chi connectivity index (χ4v) is 0.860. The number of carbonyl (C=O) groups excluding carboxylic acids is 1. The summed E-state index contributed by atoms with van der Waals surface area (Å²) in [6, 6.07) is 0. The van der Waals surface area contributed by atoms with E-state index in [1.165, 1.54) is 0 Å². The average Bonchev–Trinajstić information content (AvgIpc) is 1.81. The first-order chi connectivity index (χ1) is 5.81. The van der Waals surface area contributed by atoms with Gasteiger partial charge in [0.1, 0.15) is 5.60 Å². The molecule has 0 aromatic heterocycles. The Kier molecular flexibility index (Phi) is 5.33. The molecule has 0 saturated carbocycles. The van der Waals surface area contributed by atoms with E-state index in [9.17, 15) is 4.79 Å². The monoisotopic (exact) mass is 207 g/mol. The van der Waals surface area contributed by atoms with Crippen LogP contribution in [0.3, 0.4) is 0 Å². The van der Waals surface area contributed by atoms with E-state index in [-0.39, 0.29) is 17.9 Å². The first-order valence-corrected chi connectivity index (χ1v) is 4.81. The van der Waals surface area contributed by atoms with Crippen LogP contribution in [-0.4, -0.2) is 30.0 Å². The highest BCUT2D eigenvalue weighted by Crippen LogP contribution is 2.06. The van der Waals surface area contributed by atoms with E-state index in [0.29, 0.717) is 6.54 Å². The predicted molar refractivity (Wildman–Crippen MR) is 54.0 cm³/mol. The Balaban J connectivity index is 3.53. The summed E-state index contributed by atoms with van der Waals surface area (Å²) < 4.78 is 5.07. The second kappa shape index (κ2) is 5.45. The fraction of sp³-hybridized carbons (Fsp3) is 0.889. The molecule has 0 rings (SSSR count). The van der Waals surface area contributed by atoms with Crippen LogP contribution in [0.2, 0.25) is 0 Å². The van der Waals surface area contributed by atoms with Gasteiger partial charge >= 0.3 is 5.97 Å². The van der Waals surface area contributed by atoms with Crippen molar-refractivity contribution in [2.24, 2.45) is 0 Å². The predicted octanol–water partition coefficient (Wildman–Crippen LogP) is 1.54. The first-order valence-electron chi connectivity index (χ1n) is 4.38. The third kappa shape index (κ3) is 9.64. The molecule has 0 aromatic rings. The van der Waals surface area contributed by atoms with Crippen LogP contribution < -0.4 is 5.32 Å². The maximum atomic E-state index is 11.1. The molecule has 0 unspecified atom stereocenters. The molecule has 4 heteroatoms. The van der Waals surface area contributed by atoms with Gasteiger partial charge in [-0.15, -0.1) is 11.6 Å². The molecule has 78 valence electrons. The third-order valence-corrected chi connectivity index (χ3v) is 1.27. The number of nitrogens with one attached hydrogen (secondary N) is 1. The Bertz CT molecular complexity index is 163. The van der Waals surface area contributed by atoms with E-state index in [4.69, 9.17) is 16.3 Å². The Morgan fingerprint density at radius 3 is 2.46 bits per heavy atom. The quantitative estimate of drug-likeness (QED) is 0.562. The van der Waals surface area contributed by atoms with E-state index < -0.39 is 5.60 Å². The number of carbonyl (C=O) groups is 1. The van der Waals surface area contributed by atoms with Crippen LogP contribution in [0.5, 0.6) is 0 Å². The molecular weight excluding hydrogens is 190 g/mol. The van der Waals surface area contributed by atoms with Crippen LogP contribution in [0.4, 0.5) is 0 Å². The smallest absolute Gasteiger partial charge is 0.320 e. The fourth-order valence-electron chi connectivity index (χ4n) is 0.751. The van der Waals surface area contributed by atoms with Gasteiger partial charge in [-0.2, -0.15) is 0 Å². The SMILES string of the molecule is C[C@@H](Cl)CNCC(=O)OC(C)(C)C. The highest BCUT2D eigenvalue weighted by Gasteiger charge is 2.15. The zero-order valence-electron chi connectivity index (χ0n) is 8.69. The van der Waals surface area contributed by atoms with Crippen molar-refractivity contribution in [1.29, 1.82) is 0 Å². The van der Waals surface area contributed by atoms with Crippen molar-refractivity contribution in [3.8, 4) is 0 Å². The van der Waals surface area contributed by atoms with Gasteiger partial charge in [0.05, 0.1) is 6.54 Å². The van der Waals surface area contributed by atoms with Gasteiger partial charge in [0.15, 0.2) is 0 Å². The molecule has 0 bridgehead atoms. The van der Waals surface area contributed by atoms with Crippen molar-refractivity contribution in [3.63, 3.8) is 0 Å². The maximum Gasteiger partial charge on any atom is 0.320 e. The summed E-state index contributed by atoms with van der Waals surface area (Å²) >= 11 is 5.68. The van der Waals surface area contributed by atoms with E-state index in [1.807, 2.05) is 27.7 Å². The number of ether oxygens (including phenoxy) is 1. The van der Waals surface area contributed by atoms with Crippen molar-refractivity contribution < 1.29 is 9.53 Å². The van der Waals surface area contributed by atoms with E-state index in [1.54, 1.807) is 0 Å². The van der Waals surface area contributed by atoms with Gasteiger partial charge < -0.3 is 10.1 Å². The summed E-state index contributed by atoms with van der Waals surface area (Å²) in [5.41, 5.74) is -0.411. The maximum absolute atomic E-state index is 11.1. The van der Waals surface area contributed by atoms with Gasteiger partial charge in [0, 0.05) is 11.9 Å². The van der Waals surface area contributed by atoms with Crippen molar-refractivity contribution in [2.45, 2.75) is 38.7 Å². The summed E-state index contributed by atoms with van der Waals surface area (Å²) in [6.07, 6.45) is 0. The van der Waals surface area contributed by atoms with E-state index >= 15 is 0 Å². The lowest BCUT2D eigenvalue weighted by Gasteiger charge is -2.19. The number of hydrogen-bond donors (Lipinski definition) is 1. The van der Waals surface area contributed by atoms with Crippen molar-refractivity contribution in [3.05, 3.63) is 0 Å². The Labute approximate surface area is 84.8 Å². The van der Waals surface area contributed by atoms with Gasteiger partial charge in [-0.3, -0.25) is 4.79 Å². The standard InChI is InChI=1S/C9H18ClNO2/c1-7(10)5-11-6-8(12)13-9(2,3)4/h7,11H,5-6H2,1-4H3/t7-/m1/s1. The van der Waals surface area contributed by atoms with Crippen molar-refractivity contribution in [1.82, 2.24) is 5.32 Å². The zero-order chi connectivity index (χ0) is 10.5. The molecule has 0 saturated heterocycles. The van der Waals surface area contributed by atoms with Crippen LogP contribution >= 0.6 is 11.6 Å². The first kappa shape index (κ1) is 12.7. The van der Waals surface area contributed by atoms with Crippen LogP contribution in [-0.2, 0) is 9.53 Å². The van der Waals surface area contributed by atoms with Crippen LogP contribution in [0, 0.1) is 0 Å². The van der Waals surface area contributed by atoms with E-state index in [2.05, 4.69) is 5.32 Å². The number of halogens is 1. The Morgan fingerprint density at radius 1 is 1.54 bits per heavy atom. The number of alkyl halides is 1. The van der Waals surface area contributed by atoms with Crippen molar-refractivity contribution >= 4 is 17.6 Å². The Morgan fingerprint density at radius 2 is 2.08 bits per heavy atom. The molecule has 0 heterocycles. The molecule has 13 heavy (non-hydrogen) atoms. The third-order valence-electron chi connectivity index (χ3n) is 1.11. The van der Waals surface area contributed by atoms with Gasteiger partial charge in [-0.05, 0) is 27.7 Å². The molecule has 0 aliphatic rings. The number of esters is 1. The topological polar surface area (TPSA) is 38.3 Å². The molecule has 0 fully saturated rings. The molecule has 1 N–H and O–H groups in total. The van der Waals surface area contributed by atoms with Gasteiger partial charge in [-0.25, -0.2) is 0 Å². The molecule has 0 radical (unpaired) electrons.